The molecule has 1 rings (SSSR count). The number of hydrogen-bond acceptors (Lipinski definition) is 3. The molecule has 0 bridgehead atoms. The molecule has 0 unspecified atom stereocenters. The Morgan fingerprint density at radius 2 is 2.05 bits per heavy atom. The highest BCUT2D eigenvalue weighted by Gasteiger charge is 2.18. The standard InChI is InChI=1S/C16H23NO4/c1-3-4-8-13(16(19)20)17-15(18)10-11-21-14-9-6-5-7-12(14)2/h5-7,9,13H,3-4,8,10-11H2,1-2H3,(H,17,18)(H,19,20)/t13-/m0/s1. The van der Waals surface area contributed by atoms with Crippen LogP contribution in [-0.2, 0) is 9.59 Å². The molecule has 116 valence electrons. The topological polar surface area (TPSA) is 75.6 Å². The Bertz CT molecular complexity index is 473. The largest absolute Gasteiger partial charge is 0.493 e. The monoisotopic (exact) mass is 293 g/mol. The van der Waals surface area contributed by atoms with Crippen molar-refractivity contribution in [3.8, 4) is 5.75 Å². The number of carboxylic acid groups (broad SMARTS) is 1. The van der Waals surface area contributed by atoms with Crippen LogP contribution in [0.25, 0.3) is 0 Å². The zero-order valence-electron chi connectivity index (χ0n) is 12.6. The molecule has 0 aliphatic rings. The highest BCUT2D eigenvalue weighted by molar-refractivity contribution is 5.83. The van der Waals surface area contributed by atoms with Crippen molar-refractivity contribution in [2.75, 3.05) is 6.61 Å². The minimum atomic E-state index is -0.989. The first-order chi connectivity index (χ1) is 10.0. The number of aliphatic carboxylic acids is 1. The molecule has 1 aromatic carbocycles. The molecular weight excluding hydrogens is 270 g/mol. The second-order valence-corrected chi connectivity index (χ2v) is 4.96. The van der Waals surface area contributed by atoms with E-state index < -0.39 is 12.0 Å². The third-order valence-corrected chi connectivity index (χ3v) is 3.16. The van der Waals surface area contributed by atoms with Crippen molar-refractivity contribution in [2.45, 2.75) is 45.6 Å². The number of benzene rings is 1. The van der Waals surface area contributed by atoms with Crippen LogP contribution >= 0.6 is 0 Å². The molecule has 1 amide bonds. The molecule has 0 radical (unpaired) electrons. The van der Waals surface area contributed by atoms with Gasteiger partial charge in [-0.15, -0.1) is 0 Å². The molecule has 0 aromatic heterocycles. The zero-order valence-corrected chi connectivity index (χ0v) is 12.6. The van der Waals surface area contributed by atoms with Gasteiger partial charge in [-0.3, -0.25) is 4.79 Å². The lowest BCUT2D eigenvalue weighted by Crippen LogP contribution is -2.41. The predicted molar refractivity (Wildman–Crippen MR) is 80.4 cm³/mol. The van der Waals surface area contributed by atoms with Gasteiger partial charge in [0.05, 0.1) is 13.0 Å². The van der Waals surface area contributed by atoms with Crippen molar-refractivity contribution in [1.29, 1.82) is 0 Å². The summed E-state index contributed by atoms with van der Waals surface area (Å²) >= 11 is 0. The van der Waals surface area contributed by atoms with Crippen LogP contribution in [0.2, 0.25) is 0 Å². The van der Waals surface area contributed by atoms with E-state index in [1.807, 2.05) is 38.1 Å². The van der Waals surface area contributed by atoms with Gasteiger partial charge < -0.3 is 15.2 Å². The summed E-state index contributed by atoms with van der Waals surface area (Å²) in [5, 5.41) is 11.6. The van der Waals surface area contributed by atoms with Gasteiger partial charge in [-0.25, -0.2) is 4.79 Å². The van der Waals surface area contributed by atoms with Crippen LogP contribution in [0.3, 0.4) is 0 Å². The Morgan fingerprint density at radius 1 is 1.33 bits per heavy atom. The fourth-order valence-electron chi connectivity index (χ4n) is 1.90. The van der Waals surface area contributed by atoms with E-state index in [9.17, 15) is 9.59 Å². The van der Waals surface area contributed by atoms with Crippen molar-refractivity contribution in [3.63, 3.8) is 0 Å². The molecule has 1 aromatic rings. The van der Waals surface area contributed by atoms with Crippen molar-refractivity contribution < 1.29 is 19.4 Å². The van der Waals surface area contributed by atoms with Crippen molar-refractivity contribution in [2.24, 2.45) is 0 Å². The number of carbonyl (C=O) groups is 2. The number of unbranched alkanes of at least 4 members (excludes halogenated alkanes) is 1. The minimum absolute atomic E-state index is 0.143. The number of carbonyl (C=O) groups excluding carboxylic acids is 1. The maximum Gasteiger partial charge on any atom is 0.326 e. The fraction of sp³-hybridized carbons (Fsp3) is 0.500. The number of rotatable bonds is 9. The van der Waals surface area contributed by atoms with Crippen LogP contribution in [0.5, 0.6) is 5.75 Å². The molecule has 1 atom stereocenters. The van der Waals surface area contributed by atoms with Crippen LogP contribution in [0.4, 0.5) is 0 Å². The van der Waals surface area contributed by atoms with Crippen molar-refractivity contribution >= 4 is 11.9 Å². The van der Waals surface area contributed by atoms with Crippen LogP contribution in [0, 0.1) is 6.92 Å². The lowest BCUT2D eigenvalue weighted by molar-refractivity contribution is -0.142. The average molecular weight is 293 g/mol. The average Bonchev–Trinajstić information content (AvgIpc) is 2.45. The van der Waals surface area contributed by atoms with E-state index in [1.165, 1.54) is 0 Å². The molecule has 21 heavy (non-hydrogen) atoms. The van der Waals surface area contributed by atoms with E-state index in [4.69, 9.17) is 9.84 Å². The number of amides is 1. The van der Waals surface area contributed by atoms with E-state index >= 15 is 0 Å². The van der Waals surface area contributed by atoms with Gasteiger partial charge in [0.2, 0.25) is 5.91 Å². The minimum Gasteiger partial charge on any atom is -0.493 e. The van der Waals surface area contributed by atoms with Crippen molar-refractivity contribution in [1.82, 2.24) is 5.32 Å². The van der Waals surface area contributed by atoms with E-state index in [0.717, 1.165) is 24.2 Å². The Balaban J connectivity index is 2.36. The van der Waals surface area contributed by atoms with Gasteiger partial charge in [-0.1, -0.05) is 38.0 Å². The maximum absolute atomic E-state index is 11.7. The Hall–Kier alpha value is -2.04. The number of ether oxygens (including phenoxy) is 1. The summed E-state index contributed by atoms with van der Waals surface area (Å²) in [5.74, 6) is -0.547. The summed E-state index contributed by atoms with van der Waals surface area (Å²) < 4.78 is 5.52. The maximum atomic E-state index is 11.7. The third kappa shape index (κ3) is 6.29. The summed E-state index contributed by atoms with van der Waals surface area (Å²) in [4.78, 5) is 22.8. The van der Waals surface area contributed by atoms with Gasteiger partial charge in [0.15, 0.2) is 0 Å². The molecule has 0 heterocycles. The lowest BCUT2D eigenvalue weighted by atomic mass is 10.1. The van der Waals surface area contributed by atoms with E-state index in [1.54, 1.807) is 0 Å². The summed E-state index contributed by atoms with van der Waals surface area (Å²) in [6, 6.07) is 6.75. The Kier molecular flexibility index (Phi) is 7.29. The molecule has 0 saturated heterocycles. The first kappa shape index (κ1) is 17.0. The lowest BCUT2D eigenvalue weighted by Gasteiger charge is -2.14. The number of nitrogens with one attached hydrogen (secondary N) is 1. The van der Waals surface area contributed by atoms with Gasteiger partial charge >= 0.3 is 5.97 Å². The van der Waals surface area contributed by atoms with Crippen LogP contribution < -0.4 is 10.1 Å². The summed E-state index contributed by atoms with van der Waals surface area (Å²) in [7, 11) is 0. The van der Waals surface area contributed by atoms with Gasteiger partial charge in [0.1, 0.15) is 11.8 Å². The highest BCUT2D eigenvalue weighted by atomic mass is 16.5. The first-order valence-electron chi connectivity index (χ1n) is 7.25. The molecule has 2 N–H and O–H groups in total. The van der Waals surface area contributed by atoms with Gasteiger partial charge in [-0.2, -0.15) is 0 Å². The molecule has 0 aliphatic carbocycles. The fourth-order valence-corrected chi connectivity index (χ4v) is 1.90. The number of para-hydroxylation sites is 1. The SMILES string of the molecule is CCCC[C@H](NC(=O)CCOc1ccccc1C)C(=O)O. The summed E-state index contributed by atoms with van der Waals surface area (Å²) in [6.07, 6.45) is 2.27. The number of aryl methyl sites for hydroxylation is 1. The Labute approximate surface area is 125 Å². The molecule has 0 spiro atoms. The number of hydrogen-bond donors (Lipinski definition) is 2. The molecule has 5 heteroatoms. The second-order valence-electron chi connectivity index (χ2n) is 4.96. The molecule has 5 nitrogen and oxygen atoms in total. The molecule has 0 aliphatic heterocycles. The van der Waals surface area contributed by atoms with Crippen LogP contribution in [-0.4, -0.2) is 29.6 Å². The summed E-state index contributed by atoms with van der Waals surface area (Å²) in [6.45, 7) is 4.15. The first-order valence-corrected chi connectivity index (χ1v) is 7.25. The van der Waals surface area contributed by atoms with E-state index in [2.05, 4.69) is 5.32 Å². The summed E-state index contributed by atoms with van der Waals surface area (Å²) in [5.41, 5.74) is 1.00. The highest BCUT2D eigenvalue weighted by Crippen LogP contribution is 2.16. The smallest absolute Gasteiger partial charge is 0.326 e. The van der Waals surface area contributed by atoms with E-state index in [0.29, 0.717) is 6.42 Å². The number of carboxylic acids is 1. The van der Waals surface area contributed by atoms with Crippen LogP contribution in [0.1, 0.15) is 38.2 Å². The van der Waals surface area contributed by atoms with Gasteiger partial charge in [0, 0.05) is 0 Å². The molecule has 0 saturated carbocycles. The zero-order chi connectivity index (χ0) is 15.7. The second kappa shape index (κ2) is 9.00. The molecule has 0 fully saturated rings. The Morgan fingerprint density at radius 3 is 2.67 bits per heavy atom. The van der Waals surface area contributed by atoms with Gasteiger partial charge in [0.25, 0.3) is 0 Å². The van der Waals surface area contributed by atoms with Crippen LogP contribution in [0.15, 0.2) is 24.3 Å². The predicted octanol–water partition coefficient (Wildman–Crippen LogP) is 2.52. The van der Waals surface area contributed by atoms with Crippen molar-refractivity contribution in [3.05, 3.63) is 29.8 Å². The van der Waals surface area contributed by atoms with E-state index in [-0.39, 0.29) is 18.9 Å². The quantitative estimate of drug-likeness (QED) is 0.733. The molecular formula is C16H23NO4. The van der Waals surface area contributed by atoms with Gasteiger partial charge in [-0.05, 0) is 25.0 Å². The normalized spacial score (nSPS) is 11.7. The third-order valence-electron chi connectivity index (χ3n) is 3.16.